The summed E-state index contributed by atoms with van der Waals surface area (Å²) in [7, 11) is 0. The second-order valence-corrected chi connectivity index (χ2v) is 6.25. The van der Waals surface area contributed by atoms with Crippen molar-refractivity contribution in [2.75, 3.05) is 18.5 Å². The van der Waals surface area contributed by atoms with Gasteiger partial charge in [-0.15, -0.1) is 0 Å². The van der Waals surface area contributed by atoms with E-state index < -0.39 is 0 Å². The Labute approximate surface area is 149 Å². The van der Waals surface area contributed by atoms with Crippen LogP contribution in [0, 0.1) is 13.8 Å². The maximum Gasteiger partial charge on any atom is 0.193 e. The van der Waals surface area contributed by atoms with Crippen LogP contribution in [0.1, 0.15) is 25.0 Å². The number of benzene rings is 2. The van der Waals surface area contributed by atoms with Crippen molar-refractivity contribution in [3.63, 3.8) is 0 Å². The van der Waals surface area contributed by atoms with E-state index in [1.807, 2.05) is 50.2 Å². The van der Waals surface area contributed by atoms with Gasteiger partial charge in [-0.1, -0.05) is 6.07 Å². The van der Waals surface area contributed by atoms with Gasteiger partial charge < -0.3 is 20.5 Å². The van der Waals surface area contributed by atoms with E-state index >= 15 is 0 Å². The van der Waals surface area contributed by atoms with Crippen LogP contribution in [-0.2, 0) is 0 Å². The molecule has 2 aromatic rings. The maximum absolute atomic E-state index is 5.90. The Morgan fingerprint density at radius 1 is 1.04 bits per heavy atom. The standard InChI is InChI=1S/C20H27N3O2/c1-14(2)25-18-7-5-17(6-8-18)23-20(21)22-9-10-24-19-12-15(3)11-16(4)13-19/h5-8,11-14H,9-10H2,1-4H3,(H3,21,22,23). The molecule has 0 fully saturated rings. The summed E-state index contributed by atoms with van der Waals surface area (Å²) >= 11 is 0. The summed E-state index contributed by atoms with van der Waals surface area (Å²) in [5.74, 6) is 2.06. The summed E-state index contributed by atoms with van der Waals surface area (Å²) in [6, 6.07) is 13.8. The summed E-state index contributed by atoms with van der Waals surface area (Å²) in [6.45, 7) is 9.06. The molecule has 25 heavy (non-hydrogen) atoms. The second-order valence-electron chi connectivity index (χ2n) is 6.25. The molecule has 0 aliphatic rings. The van der Waals surface area contributed by atoms with Gasteiger partial charge in [-0.2, -0.15) is 0 Å². The molecule has 0 amide bonds. The zero-order chi connectivity index (χ0) is 18.2. The van der Waals surface area contributed by atoms with Crippen molar-refractivity contribution in [3.05, 3.63) is 53.6 Å². The Balaban J connectivity index is 1.79. The first-order valence-corrected chi connectivity index (χ1v) is 8.47. The average molecular weight is 341 g/mol. The first-order chi connectivity index (χ1) is 11.9. The number of nitrogens with zero attached hydrogens (tertiary/aromatic N) is 1. The van der Waals surface area contributed by atoms with Gasteiger partial charge in [-0.25, -0.2) is 4.99 Å². The van der Waals surface area contributed by atoms with Crippen molar-refractivity contribution in [2.24, 2.45) is 10.7 Å². The van der Waals surface area contributed by atoms with Crippen LogP contribution < -0.4 is 20.5 Å². The van der Waals surface area contributed by atoms with Gasteiger partial charge in [0.25, 0.3) is 0 Å². The lowest BCUT2D eigenvalue weighted by Crippen LogP contribution is -2.23. The van der Waals surface area contributed by atoms with Crippen LogP contribution in [0.2, 0.25) is 0 Å². The molecule has 0 aliphatic carbocycles. The molecule has 0 radical (unpaired) electrons. The van der Waals surface area contributed by atoms with Gasteiger partial charge >= 0.3 is 0 Å². The SMILES string of the molecule is Cc1cc(C)cc(OCCN=C(N)Nc2ccc(OC(C)C)cc2)c1. The van der Waals surface area contributed by atoms with E-state index in [1.165, 1.54) is 11.1 Å². The van der Waals surface area contributed by atoms with E-state index in [0.29, 0.717) is 19.1 Å². The molecule has 0 atom stereocenters. The molecule has 0 spiro atoms. The third kappa shape index (κ3) is 6.75. The summed E-state index contributed by atoms with van der Waals surface area (Å²) in [6.07, 6.45) is 0.155. The average Bonchev–Trinajstić information content (AvgIpc) is 2.52. The largest absolute Gasteiger partial charge is 0.492 e. The molecule has 0 aliphatic heterocycles. The summed E-state index contributed by atoms with van der Waals surface area (Å²) in [5, 5.41) is 3.06. The monoisotopic (exact) mass is 341 g/mol. The van der Waals surface area contributed by atoms with Crippen LogP contribution in [0.4, 0.5) is 5.69 Å². The van der Waals surface area contributed by atoms with Gasteiger partial charge in [0.2, 0.25) is 0 Å². The number of aliphatic imine (C=N–C) groups is 1. The predicted molar refractivity (Wildman–Crippen MR) is 104 cm³/mol. The number of anilines is 1. The van der Waals surface area contributed by atoms with Crippen LogP contribution >= 0.6 is 0 Å². The molecule has 2 rings (SSSR count). The lowest BCUT2D eigenvalue weighted by Gasteiger charge is -2.11. The highest BCUT2D eigenvalue weighted by Crippen LogP contribution is 2.17. The Bertz CT molecular complexity index is 689. The van der Waals surface area contributed by atoms with Gasteiger partial charge in [0.05, 0.1) is 12.6 Å². The fourth-order valence-corrected chi connectivity index (χ4v) is 2.42. The fraction of sp³-hybridized carbons (Fsp3) is 0.350. The molecule has 134 valence electrons. The topological polar surface area (TPSA) is 68.9 Å². The Hall–Kier alpha value is -2.69. The van der Waals surface area contributed by atoms with Crippen LogP contribution in [0.5, 0.6) is 11.5 Å². The number of hydrogen-bond acceptors (Lipinski definition) is 3. The van der Waals surface area contributed by atoms with Crippen molar-refractivity contribution in [3.8, 4) is 11.5 Å². The van der Waals surface area contributed by atoms with Gasteiger partial charge in [0.1, 0.15) is 18.1 Å². The van der Waals surface area contributed by atoms with Gasteiger partial charge in [0.15, 0.2) is 5.96 Å². The summed E-state index contributed by atoms with van der Waals surface area (Å²) in [5.41, 5.74) is 9.14. The molecule has 0 heterocycles. The van der Waals surface area contributed by atoms with Gasteiger partial charge in [-0.05, 0) is 75.2 Å². The molecule has 5 nitrogen and oxygen atoms in total. The van der Waals surface area contributed by atoms with Crippen molar-refractivity contribution in [2.45, 2.75) is 33.8 Å². The minimum absolute atomic E-state index is 0.155. The lowest BCUT2D eigenvalue weighted by atomic mass is 10.1. The first kappa shape index (κ1) is 18.6. The molecule has 0 saturated carbocycles. The van der Waals surface area contributed by atoms with Crippen LogP contribution in [0.3, 0.4) is 0 Å². The summed E-state index contributed by atoms with van der Waals surface area (Å²) < 4.78 is 11.3. The Morgan fingerprint density at radius 2 is 1.68 bits per heavy atom. The quantitative estimate of drug-likeness (QED) is 0.455. The number of rotatable bonds is 7. The van der Waals surface area contributed by atoms with Crippen molar-refractivity contribution < 1.29 is 9.47 Å². The predicted octanol–water partition coefficient (Wildman–Crippen LogP) is 3.90. The number of nitrogens with one attached hydrogen (secondary N) is 1. The second kappa shape index (κ2) is 8.97. The molecule has 0 aromatic heterocycles. The molecule has 0 unspecified atom stereocenters. The molecule has 5 heteroatoms. The zero-order valence-electron chi connectivity index (χ0n) is 15.4. The fourth-order valence-electron chi connectivity index (χ4n) is 2.42. The van der Waals surface area contributed by atoms with Crippen LogP contribution in [0.25, 0.3) is 0 Å². The number of ether oxygens (including phenoxy) is 2. The highest BCUT2D eigenvalue weighted by Gasteiger charge is 2.00. The van der Waals surface area contributed by atoms with E-state index in [4.69, 9.17) is 15.2 Å². The third-order valence-electron chi connectivity index (χ3n) is 3.34. The van der Waals surface area contributed by atoms with E-state index in [0.717, 1.165) is 17.2 Å². The number of guanidine groups is 1. The molecule has 2 aromatic carbocycles. The maximum atomic E-state index is 5.90. The molecular formula is C20H27N3O2. The highest BCUT2D eigenvalue weighted by atomic mass is 16.5. The van der Waals surface area contributed by atoms with Gasteiger partial charge in [-0.3, -0.25) is 0 Å². The van der Waals surface area contributed by atoms with Crippen molar-refractivity contribution in [1.29, 1.82) is 0 Å². The number of hydrogen-bond donors (Lipinski definition) is 2. The molecule has 0 bridgehead atoms. The Morgan fingerprint density at radius 3 is 2.28 bits per heavy atom. The minimum Gasteiger partial charge on any atom is -0.492 e. The van der Waals surface area contributed by atoms with Crippen LogP contribution in [0.15, 0.2) is 47.5 Å². The van der Waals surface area contributed by atoms with E-state index in [1.54, 1.807) is 0 Å². The van der Waals surface area contributed by atoms with E-state index in [-0.39, 0.29) is 6.10 Å². The molecule has 3 N–H and O–H groups in total. The third-order valence-corrected chi connectivity index (χ3v) is 3.34. The molecular weight excluding hydrogens is 314 g/mol. The first-order valence-electron chi connectivity index (χ1n) is 8.47. The number of nitrogens with two attached hydrogens (primary N) is 1. The van der Waals surface area contributed by atoms with Crippen molar-refractivity contribution >= 4 is 11.6 Å². The normalized spacial score (nSPS) is 11.5. The van der Waals surface area contributed by atoms with Crippen LogP contribution in [-0.4, -0.2) is 25.2 Å². The minimum atomic E-state index is 0.155. The lowest BCUT2D eigenvalue weighted by molar-refractivity contribution is 0.242. The van der Waals surface area contributed by atoms with E-state index in [2.05, 4.69) is 30.2 Å². The van der Waals surface area contributed by atoms with Gasteiger partial charge in [0, 0.05) is 5.69 Å². The summed E-state index contributed by atoms with van der Waals surface area (Å²) in [4.78, 5) is 4.28. The number of aryl methyl sites for hydroxylation is 2. The van der Waals surface area contributed by atoms with E-state index in [9.17, 15) is 0 Å². The molecule has 0 saturated heterocycles. The smallest absolute Gasteiger partial charge is 0.193 e. The highest BCUT2D eigenvalue weighted by molar-refractivity contribution is 5.92. The van der Waals surface area contributed by atoms with Crippen molar-refractivity contribution in [1.82, 2.24) is 0 Å². The Kier molecular flexibility index (Phi) is 6.69. The zero-order valence-corrected chi connectivity index (χ0v) is 15.4.